The van der Waals surface area contributed by atoms with Crippen molar-refractivity contribution in [3.8, 4) is 0 Å². The second-order valence-electron chi connectivity index (χ2n) is 6.53. The maximum atomic E-state index is 13.1. The van der Waals surface area contributed by atoms with Crippen LogP contribution in [0.5, 0.6) is 0 Å². The largest absolute Gasteiger partial charge is 0.322 e. The first-order chi connectivity index (χ1) is 13.6. The SMILES string of the molecule is O=C(Nc1ccc2c(c1)N(S(=O)(=O)c1ccccc1)CCC2)c1ccncc1. The molecule has 1 aromatic heterocycles. The van der Waals surface area contributed by atoms with E-state index in [-0.39, 0.29) is 10.8 Å². The predicted octanol–water partition coefficient (Wildman–Crippen LogP) is 3.48. The molecule has 2 heterocycles. The fourth-order valence-electron chi connectivity index (χ4n) is 3.29. The zero-order valence-corrected chi connectivity index (χ0v) is 15.9. The van der Waals surface area contributed by atoms with Gasteiger partial charge in [-0.25, -0.2) is 8.42 Å². The summed E-state index contributed by atoms with van der Waals surface area (Å²) >= 11 is 0. The molecular formula is C21H19N3O3S. The van der Waals surface area contributed by atoms with Gasteiger partial charge in [-0.2, -0.15) is 0 Å². The van der Waals surface area contributed by atoms with Gasteiger partial charge in [0.05, 0.1) is 10.6 Å². The lowest BCUT2D eigenvalue weighted by Crippen LogP contribution is -2.35. The highest BCUT2D eigenvalue weighted by atomic mass is 32.2. The third kappa shape index (κ3) is 3.48. The molecule has 28 heavy (non-hydrogen) atoms. The van der Waals surface area contributed by atoms with Crippen molar-refractivity contribution in [1.82, 2.24) is 4.98 Å². The summed E-state index contributed by atoms with van der Waals surface area (Å²) in [6, 6.07) is 17.1. The van der Waals surface area contributed by atoms with E-state index in [1.54, 1.807) is 67.0 Å². The second kappa shape index (κ2) is 7.44. The first-order valence-corrected chi connectivity index (χ1v) is 10.4. The van der Waals surface area contributed by atoms with Crippen molar-refractivity contribution in [3.63, 3.8) is 0 Å². The Bertz CT molecular complexity index is 1100. The predicted molar refractivity (Wildman–Crippen MR) is 108 cm³/mol. The Kier molecular flexibility index (Phi) is 4.83. The monoisotopic (exact) mass is 393 g/mol. The van der Waals surface area contributed by atoms with Gasteiger partial charge in [-0.05, 0) is 54.8 Å². The average Bonchev–Trinajstić information content (AvgIpc) is 2.74. The summed E-state index contributed by atoms with van der Waals surface area (Å²) < 4.78 is 27.7. The molecule has 2 aromatic carbocycles. The number of fused-ring (bicyclic) bond motifs is 1. The van der Waals surface area contributed by atoms with Crippen molar-refractivity contribution < 1.29 is 13.2 Å². The quantitative estimate of drug-likeness (QED) is 0.736. The Balaban J connectivity index is 1.67. The molecule has 0 spiro atoms. The lowest BCUT2D eigenvalue weighted by Gasteiger charge is -2.31. The number of carbonyl (C=O) groups excluding carboxylic acids is 1. The molecule has 7 heteroatoms. The Hall–Kier alpha value is -3.19. The summed E-state index contributed by atoms with van der Waals surface area (Å²) in [6.45, 7) is 0.409. The fraction of sp³-hybridized carbons (Fsp3) is 0.143. The van der Waals surface area contributed by atoms with Crippen molar-refractivity contribution in [2.75, 3.05) is 16.2 Å². The number of hydrogen-bond donors (Lipinski definition) is 1. The lowest BCUT2D eigenvalue weighted by atomic mass is 10.0. The van der Waals surface area contributed by atoms with Gasteiger partial charge in [-0.1, -0.05) is 24.3 Å². The van der Waals surface area contributed by atoms with Gasteiger partial charge in [0.15, 0.2) is 0 Å². The molecule has 1 N–H and O–H groups in total. The summed E-state index contributed by atoms with van der Waals surface area (Å²) in [4.78, 5) is 16.6. The zero-order chi connectivity index (χ0) is 19.6. The minimum Gasteiger partial charge on any atom is -0.322 e. The Morgan fingerprint density at radius 3 is 2.50 bits per heavy atom. The Labute approximate surface area is 163 Å². The maximum Gasteiger partial charge on any atom is 0.264 e. The van der Waals surface area contributed by atoms with Crippen LogP contribution in [-0.4, -0.2) is 25.9 Å². The minimum atomic E-state index is -3.66. The molecule has 0 fully saturated rings. The average molecular weight is 393 g/mol. The molecule has 1 aliphatic rings. The molecule has 0 bridgehead atoms. The van der Waals surface area contributed by atoms with Gasteiger partial charge in [0, 0.05) is 30.2 Å². The molecule has 1 amide bonds. The Morgan fingerprint density at radius 2 is 1.75 bits per heavy atom. The summed E-state index contributed by atoms with van der Waals surface area (Å²) in [5.74, 6) is -0.268. The standard InChI is InChI=1S/C21H19N3O3S/c25-21(17-10-12-22-13-11-17)23-18-9-8-16-5-4-14-24(20(16)15-18)28(26,27)19-6-2-1-3-7-19/h1-3,6-13,15H,4-5,14H2,(H,23,25). The van der Waals surface area contributed by atoms with Crippen molar-refractivity contribution in [2.45, 2.75) is 17.7 Å². The molecule has 6 nitrogen and oxygen atoms in total. The number of rotatable bonds is 4. The smallest absolute Gasteiger partial charge is 0.264 e. The number of aryl methyl sites for hydroxylation is 1. The van der Waals surface area contributed by atoms with Gasteiger partial charge >= 0.3 is 0 Å². The number of amides is 1. The molecule has 0 aliphatic carbocycles. The number of nitrogens with one attached hydrogen (secondary N) is 1. The summed E-state index contributed by atoms with van der Waals surface area (Å²) in [5.41, 5.74) is 2.60. The first-order valence-electron chi connectivity index (χ1n) is 8.98. The van der Waals surface area contributed by atoms with E-state index in [1.807, 2.05) is 6.07 Å². The van der Waals surface area contributed by atoms with E-state index in [1.165, 1.54) is 4.31 Å². The van der Waals surface area contributed by atoms with Crippen LogP contribution in [0, 0.1) is 0 Å². The molecular weight excluding hydrogens is 374 g/mol. The van der Waals surface area contributed by atoms with Crippen LogP contribution in [0.4, 0.5) is 11.4 Å². The normalized spacial score (nSPS) is 13.6. The molecule has 3 aromatic rings. The van der Waals surface area contributed by atoms with Gasteiger partial charge in [-0.15, -0.1) is 0 Å². The van der Waals surface area contributed by atoms with Crippen LogP contribution in [0.3, 0.4) is 0 Å². The van der Waals surface area contributed by atoms with Gasteiger partial charge in [0.25, 0.3) is 15.9 Å². The lowest BCUT2D eigenvalue weighted by molar-refractivity contribution is 0.102. The summed E-state index contributed by atoms with van der Waals surface area (Å²) in [7, 11) is -3.66. The number of aromatic nitrogens is 1. The topological polar surface area (TPSA) is 79.4 Å². The molecule has 0 saturated carbocycles. The first kappa shape index (κ1) is 18.2. The van der Waals surface area contributed by atoms with Crippen LogP contribution in [0.1, 0.15) is 22.3 Å². The van der Waals surface area contributed by atoms with E-state index in [0.29, 0.717) is 23.5 Å². The van der Waals surface area contributed by atoms with Crippen LogP contribution < -0.4 is 9.62 Å². The van der Waals surface area contributed by atoms with Gasteiger partial charge in [0.2, 0.25) is 0 Å². The molecule has 0 atom stereocenters. The molecule has 1 aliphatic heterocycles. The van der Waals surface area contributed by atoms with Crippen LogP contribution >= 0.6 is 0 Å². The number of nitrogens with zero attached hydrogens (tertiary/aromatic N) is 2. The molecule has 142 valence electrons. The number of hydrogen-bond acceptors (Lipinski definition) is 4. The number of anilines is 2. The van der Waals surface area contributed by atoms with E-state index in [2.05, 4.69) is 10.3 Å². The molecule has 0 saturated heterocycles. The minimum absolute atomic E-state index is 0.258. The highest BCUT2D eigenvalue weighted by Crippen LogP contribution is 2.34. The van der Waals surface area contributed by atoms with Crippen LogP contribution in [0.25, 0.3) is 0 Å². The van der Waals surface area contributed by atoms with Crippen molar-refractivity contribution >= 4 is 27.3 Å². The zero-order valence-electron chi connectivity index (χ0n) is 15.1. The van der Waals surface area contributed by atoms with E-state index in [9.17, 15) is 13.2 Å². The molecule has 0 unspecified atom stereocenters. The van der Waals surface area contributed by atoms with Crippen LogP contribution in [0.15, 0.2) is 78.0 Å². The van der Waals surface area contributed by atoms with E-state index in [0.717, 1.165) is 18.4 Å². The third-order valence-electron chi connectivity index (χ3n) is 4.69. The summed E-state index contributed by atoms with van der Waals surface area (Å²) in [5, 5.41) is 2.83. The van der Waals surface area contributed by atoms with Crippen LogP contribution in [-0.2, 0) is 16.4 Å². The number of carbonyl (C=O) groups is 1. The summed E-state index contributed by atoms with van der Waals surface area (Å²) in [6.07, 6.45) is 4.66. The third-order valence-corrected chi connectivity index (χ3v) is 6.52. The van der Waals surface area contributed by atoms with E-state index in [4.69, 9.17) is 0 Å². The van der Waals surface area contributed by atoms with Crippen molar-refractivity contribution in [2.24, 2.45) is 0 Å². The van der Waals surface area contributed by atoms with Crippen LogP contribution in [0.2, 0.25) is 0 Å². The van der Waals surface area contributed by atoms with Crippen molar-refractivity contribution in [3.05, 3.63) is 84.2 Å². The highest BCUT2D eigenvalue weighted by Gasteiger charge is 2.29. The maximum absolute atomic E-state index is 13.1. The van der Waals surface area contributed by atoms with E-state index >= 15 is 0 Å². The van der Waals surface area contributed by atoms with Crippen molar-refractivity contribution in [1.29, 1.82) is 0 Å². The van der Waals surface area contributed by atoms with Gasteiger partial charge in [-0.3, -0.25) is 14.1 Å². The van der Waals surface area contributed by atoms with E-state index < -0.39 is 10.0 Å². The highest BCUT2D eigenvalue weighted by molar-refractivity contribution is 7.92. The Morgan fingerprint density at radius 1 is 1.00 bits per heavy atom. The second-order valence-corrected chi connectivity index (χ2v) is 8.39. The van der Waals surface area contributed by atoms with Gasteiger partial charge < -0.3 is 5.32 Å². The number of benzene rings is 2. The number of sulfonamides is 1. The molecule has 4 rings (SSSR count). The molecule has 0 radical (unpaired) electrons. The fourth-order valence-corrected chi connectivity index (χ4v) is 4.85. The number of pyridine rings is 1. The van der Waals surface area contributed by atoms with Gasteiger partial charge in [0.1, 0.15) is 0 Å².